The molecule has 0 aliphatic heterocycles. The highest BCUT2D eigenvalue weighted by Crippen LogP contribution is 2.17. The van der Waals surface area contributed by atoms with Crippen molar-refractivity contribution in [2.45, 2.75) is 10.8 Å². The van der Waals surface area contributed by atoms with E-state index >= 15 is 0 Å². The van der Waals surface area contributed by atoms with Crippen LogP contribution in [0.3, 0.4) is 0 Å². The predicted octanol–water partition coefficient (Wildman–Crippen LogP) is 3.37. The van der Waals surface area contributed by atoms with Gasteiger partial charge in [-0.3, -0.25) is 4.72 Å². The van der Waals surface area contributed by atoms with Gasteiger partial charge in [0.2, 0.25) is 0 Å². The number of rotatable bonds is 4. The summed E-state index contributed by atoms with van der Waals surface area (Å²) in [5.74, 6) is -0.115. The minimum Gasteiger partial charge on any atom is -0.280 e. The Labute approximate surface area is 116 Å². The molecule has 2 aromatic carbocycles. The molecular formula is C13H11ClFNO2S. The van der Waals surface area contributed by atoms with E-state index in [0.717, 1.165) is 17.7 Å². The molecule has 2 aromatic rings. The molecule has 0 heterocycles. The second-order valence-corrected chi connectivity index (χ2v) is 5.84. The Bertz CT molecular complexity index is 654. The van der Waals surface area contributed by atoms with Crippen LogP contribution in [-0.4, -0.2) is 8.42 Å². The lowest BCUT2D eigenvalue weighted by Crippen LogP contribution is -2.12. The van der Waals surface area contributed by atoms with Crippen molar-refractivity contribution in [3.63, 3.8) is 0 Å². The minimum atomic E-state index is -3.70. The van der Waals surface area contributed by atoms with Crippen molar-refractivity contribution < 1.29 is 12.8 Å². The summed E-state index contributed by atoms with van der Waals surface area (Å²) >= 11 is 5.65. The molecular weight excluding hydrogens is 289 g/mol. The van der Waals surface area contributed by atoms with Crippen LogP contribution in [0.1, 0.15) is 5.56 Å². The Morgan fingerprint density at radius 2 is 1.58 bits per heavy atom. The van der Waals surface area contributed by atoms with Crippen molar-refractivity contribution in [1.29, 1.82) is 0 Å². The third kappa shape index (κ3) is 3.45. The van der Waals surface area contributed by atoms with Crippen molar-refractivity contribution in [2.24, 2.45) is 0 Å². The lowest BCUT2D eigenvalue weighted by molar-refractivity contribution is 0.599. The fourth-order valence-corrected chi connectivity index (χ4v) is 2.73. The molecule has 100 valence electrons. The Hall–Kier alpha value is -1.59. The molecule has 0 unspecified atom stereocenters. The van der Waals surface area contributed by atoms with Crippen LogP contribution >= 0.6 is 11.6 Å². The number of anilines is 1. The van der Waals surface area contributed by atoms with E-state index in [1.165, 1.54) is 12.1 Å². The van der Waals surface area contributed by atoms with Gasteiger partial charge in [0, 0.05) is 11.6 Å². The van der Waals surface area contributed by atoms with E-state index < -0.39 is 15.8 Å². The average molecular weight is 300 g/mol. The Morgan fingerprint density at radius 3 is 2.11 bits per heavy atom. The van der Waals surface area contributed by atoms with E-state index in [4.69, 9.17) is 11.6 Å². The first-order valence-electron chi connectivity index (χ1n) is 5.44. The first-order chi connectivity index (χ1) is 9.01. The summed E-state index contributed by atoms with van der Waals surface area (Å²) in [5.41, 5.74) is 1.32. The summed E-state index contributed by atoms with van der Waals surface area (Å²) in [6, 6.07) is 11.3. The monoisotopic (exact) mass is 299 g/mol. The largest absolute Gasteiger partial charge is 0.280 e. The van der Waals surface area contributed by atoms with Gasteiger partial charge in [-0.15, -0.1) is 11.6 Å². The lowest BCUT2D eigenvalue weighted by Gasteiger charge is -2.08. The van der Waals surface area contributed by atoms with E-state index in [1.807, 2.05) is 0 Å². The van der Waals surface area contributed by atoms with Gasteiger partial charge in [-0.25, -0.2) is 12.8 Å². The third-order valence-corrected chi connectivity index (χ3v) is 4.19. The highest BCUT2D eigenvalue weighted by Gasteiger charge is 2.13. The molecule has 0 atom stereocenters. The average Bonchev–Trinajstić information content (AvgIpc) is 2.40. The minimum absolute atomic E-state index is 0.00956. The summed E-state index contributed by atoms with van der Waals surface area (Å²) in [5, 5.41) is 0. The zero-order valence-electron chi connectivity index (χ0n) is 9.81. The summed E-state index contributed by atoms with van der Waals surface area (Å²) in [6.07, 6.45) is 0. The molecule has 0 saturated heterocycles. The molecule has 0 saturated carbocycles. The molecule has 0 aliphatic rings. The molecule has 1 N–H and O–H groups in total. The summed E-state index contributed by atoms with van der Waals surface area (Å²) < 4.78 is 39.2. The molecule has 0 aliphatic carbocycles. The number of alkyl halides is 1. The van der Waals surface area contributed by atoms with Gasteiger partial charge < -0.3 is 0 Å². The van der Waals surface area contributed by atoms with E-state index in [-0.39, 0.29) is 4.90 Å². The van der Waals surface area contributed by atoms with Crippen LogP contribution in [-0.2, 0) is 15.9 Å². The summed E-state index contributed by atoms with van der Waals surface area (Å²) in [6.45, 7) is 0. The zero-order chi connectivity index (χ0) is 13.9. The van der Waals surface area contributed by atoms with Gasteiger partial charge in [-0.1, -0.05) is 12.1 Å². The number of hydrogen-bond acceptors (Lipinski definition) is 2. The lowest BCUT2D eigenvalue weighted by atomic mass is 10.2. The standard InChI is InChI=1S/C13H11ClFNO2S/c14-9-10-1-5-12(6-2-10)16-19(17,18)13-7-3-11(15)4-8-13/h1-8,16H,9H2. The van der Waals surface area contributed by atoms with Crippen molar-refractivity contribution in [1.82, 2.24) is 0 Å². The molecule has 0 aromatic heterocycles. The molecule has 0 fully saturated rings. The predicted molar refractivity (Wildman–Crippen MR) is 73.2 cm³/mol. The van der Waals surface area contributed by atoms with Crippen molar-refractivity contribution in [2.75, 3.05) is 4.72 Å². The smallest absolute Gasteiger partial charge is 0.261 e. The Balaban J connectivity index is 2.23. The molecule has 0 radical (unpaired) electrons. The molecule has 0 bridgehead atoms. The van der Waals surface area contributed by atoms with Gasteiger partial charge in [0.1, 0.15) is 5.82 Å². The van der Waals surface area contributed by atoms with Crippen LogP contribution in [0.15, 0.2) is 53.4 Å². The van der Waals surface area contributed by atoms with Crippen LogP contribution in [0.4, 0.5) is 10.1 Å². The number of hydrogen-bond donors (Lipinski definition) is 1. The highest BCUT2D eigenvalue weighted by molar-refractivity contribution is 7.92. The van der Waals surface area contributed by atoms with E-state index in [9.17, 15) is 12.8 Å². The van der Waals surface area contributed by atoms with Crippen LogP contribution < -0.4 is 4.72 Å². The maximum Gasteiger partial charge on any atom is 0.261 e. The van der Waals surface area contributed by atoms with Crippen LogP contribution in [0.2, 0.25) is 0 Å². The van der Waals surface area contributed by atoms with Gasteiger partial charge in [0.25, 0.3) is 10.0 Å². The zero-order valence-corrected chi connectivity index (χ0v) is 11.4. The van der Waals surface area contributed by atoms with Crippen molar-refractivity contribution >= 4 is 27.3 Å². The maximum absolute atomic E-state index is 12.8. The van der Waals surface area contributed by atoms with Gasteiger partial charge in [0.15, 0.2) is 0 Å². The van der Waals surface area contributed by atoms with Gasteiger partial charge in [-0.05, 0) is 42.0 Å². The molecule has 3 nitrogen and oxygen atoms in total. The quantitative estimate of drug-likeness (QED) is 0.880. The fourth-order valence-electron chi connectivity index (χ4n) is 1.49. The van der Waals surface area contributed by atoms with Gasteiger partial charge >= 0.3 is 0 Å². The second-order valence-electron chi connectivity index (χ2n) is 3.89. The molecule has 2 rings (SSSR count). The van der Waals surface area contributed by atoms with Gasteiger partial charge in [-0.2, -0.15) is 0 Å². The van der Waals surface area contributed by atoms with Crippen LogP contribution in [0, 0.1) is 5.82 Å². The van der Waals surface area contributed by atoms with E-state index in [2.05, 4.69) is 4.72 Å². The van der Waals surface area contributed by atoms with E-state index in [1.54, 1.807) is 24.3 Å². The summed E-state index contributed by atoms with van der Waals surface area (Å²) in [7, 11) is -3.70. The topological polar surface area (TPSA) is 46.2 Å². The third-order valence-electron chi connectivity index (χ3n) is 2.48. The Morgan fingerprint density at radius 1 is 1.00 bits per heavy atom. The van der Waals surface area contributed by atoms with Crippen molar-refractivity contribution in [3.8, 4) is 0 Å². The SMILES string of the molecule is O=S(=O)(Nc1ccc(CCl)cc1)c1ccc(F)cc1. The highest BCUT2D eigenvalue weighted by atomic mass is 35.5. The van der Waals surface area contributed by atoms with Crippen molar-refractivity contribution in [3.05, 3.63) is 59.9 Å². The number of halogens is 2. The summed E-state index contributed by atoms with van der Waals surface area (Å²) in [4.78, 5) is 0.00956. The number of nitrogens with one attached hydrogen (secondary N) is 1. The van der Waals surface area contributed by atoms with E-state index in [0.29, 0.717) is 11.6 Å². The number of benzene rings is 2. The van der Waals surface area contributed by atoms with Crippen LogP contribution in [0.25, 0.3) is 0 Å². The normalized spacial score (nSPS) is 11.3. The second kappa shape index (κ2) is 5.59. The van der Waals surface area contributed by atoms with Gasteiger partial charge in [0.05, 0.1) is 4.90 Å². The Kier molecular flexibility index (Phi) is 4.07. The first kappa shape index (κ1) is 13.8. The molecule has 0 amide bonds. The fraction of sp³-hybridized carbons (Fsp3) is 0.0769. The molecule has 6 heteroatoms. The van der Waals surface area contributed by atoms with Crippen LogP contribution in [0.5, 0.6) is 0 Å². The molecule has 0 spiro atoms. The first-order valence-corrected chi connectivity index (χ1v) is 7.46. The number of sulfonamides is 1. The molecule has 19 heavy (non-hydrogen) atoms. The maximum atomic E-state index is 12.8.